The Morgan fingerprint density at radius 1 is 1.12 bits per heavy atom. The van der Waals surface area contributed by atoms with Crippen LogP contribution in [0.3, 0.4) is 0 Å². The summed E-state index contributed by atoms with van der Waals surface area (Å²) < 4.78 is 2.12. The van der Waals surface area contributed by atoms with Crippen LogP contribution in [-0.4, -0.2) is 31.2 Å². The van der Waals surface area contributed by atoms with Gasteiger partial charge < -0.3 is 14.6 Å². The van der Waals surface area contributed by atoms with Gasteiger partial charge in [0, 0.05) is 19.3 Å². The minimum absolute atomic E-state index is 0.0887. The number of fused-ring (bicyclic) bond motifs is 1. The highest BCUT2D eigenvalue weighted by atomic mass is 16.3. The van der Waals surface area contributed by atoms with Gasteiger partial charge in [-0.05, 0) is 0 Å². The lowest BCUT2D eigenvalue weighted by Crippen LogP contribution is -2.34. The molecular weight excluding hydrogens is 206 g/mol. The summed E-state index contributed by atoms with van der Waals surface area (Å²) in [5.41, 5.74) is 1.16. The Bertz CT molecular complexity index is 492. The number of nitrogens with zero attached hydrogens (tertiary/aromatic N) is 5. The maximum absolute atomic E-state index is 9.12. The fraction of sp³-hybridized carbons (Fsp3) is 0.300. The van der Waals surface area contributed by atoms with E-state index in [1.54, 1.807) is 0 Å². The fourth-order valence-electron chi connectivity index (χ4n) is 1.83. The number of aromatic hydroxyl groups is 1. The summed E-state index contributed by atoms with van der Waals surface area (Å²) in [6.45, 7) is 2.50. The van der Waals surface area contributed by atoms with Gasteiger partial charge in [-0.25, -0.2) is 15.0 Å². The number of imidazole rings is 1. The summed E-state index contributed by atoms with van der Waals surface area (Å²) in [7, 11) is 0. The van der Waals surface area contributed by atoms with Crippen LogP contribution in [0.15, 0.2) is 24.9 Å². The van der Waals surface area contributed by atoms with Crippen molar-refractivity contribution < 1.29 is 5.11 Å². The van der Waals surface area contributed by atoms with Crippen LogP contribution in [0.25, 0.3) is 0 Å². The van der Waals surface area contributed by atoms with Crippen LogP contribution in [0.1, 0.15) is 5.69 Å². The number of anilines is 1. The van der Waals surface area contributed by atoms with Gasteiger partial charge >= 0.3 is 0 Å². The maximum atomic E-state index is 9.12. The average Bonchev–Trinajstić information content (AvgIpc) is 2.77. The van der Waals surface area contributed by atoms with Crippen molar-refractivity contribution >= 4 is 5.95 Å². The lowest BCUT2D eigenvalue weighted by Gasteiger charge is -2.27. The van der Waals surface area contributed by atoms with E-state index in [-0.39, 0.29) is 5.75 Å². The Labute approximate surface area is 92.2 Å². The zero-order chi connectivity index (χ0) is 11.0. The first kappa shape index (κ1) is 9.14. The molecule has 0 fully saturated rings. The summed E-state index contributed by atoms with van der Waals surface area (Å²) in [4.78, 5) is 14.4. The van der Waals surface area contributed by atoms with E-state index in [0.29, 0.717) is 5.95 Å². The molecule has 3 heterocycles. The maximum Gasteiger partial charge on any atom is 0.225 e. The zero-order valence-corrected chi connectivity index (χ0v) is 8.61. The first-order valence-corrected chi connectivity index (χ1v) is 5.08. The molecule has 1 aliphatic rings. The van der Waals surface area contributed by atoms with Gasteiger partial charge in [0.05, 0.1) is 31.0 Å². The molecule has 2 aromatic rings. The van der Waals surface area contributed by atoms with Crippen LogP contribution in [0.5, 0.6) is 5.75 Å². The highest BCUT2D eigenvalue weighted by Crippen LogP contribution is 2.17. The molecule has 0 atom stereocenters. The molecule has 0 saturated heterocycles. The lowest BCUT2D eigenvalue weighted by atomic mass is 10.3. The summed E-state index contributed by atoms with van der Waals surface area (Å²) in [6.07, 6.45) is 6.51. The highest BCUT2D eigenvalue weighted by Gasteiger charge is 2.17. The van der Waals surface area contributed by atoms with E-state index in [2.05, 4.69) is 24.4 Å². The molecule has 0 bridgehead atoms. The predicted molar refractivity (Wildman–Crippen MR) is 57.0 cm³/mol. The van der Waals surface area contributed by atoms with Gasteiger partial charge in [-0.3, -0.25) is 0 Å². The third-order valence-corrected chi connectivity index (χ3v) is 2.67. The van der Waals surface area contributed by atoms with E-state index < -0.39 is 0 Å². The minimum Gasteiger partial charge on any atom is -0.505 e. The molecule has 6 heteroatoms. The van der Waals surface area contributed by atoms with Gasteiger partial charge in [0.25, 0.3) is 0 Å². The molecule has 1 aliphatic heterocycles. The van der Waals surface area contributed by atoms with E-state index in [0.717, 1.165) is 25.3 Å². The van der Waals surface area contributed by atoms with E-state index in [1.165, 1.54) is 12.4 Å². The molecule has 0 spiro atoms. The summed E-state index contributed by atoms with van der Waals surface area (Å²) in [5, 5.41) is 9.12. The van der Waals surface area contributed by atoms with Crippen molar-refractivity contribution in [3.63, 3.8) is 0 Å². The first-order chi connectivity index (χ1) is 7.83. The van der Waals surface area contributed by atoms with Gasteiger partial charge in [-0.2, -0.15) is 0 Å². The Balaban J connectivity index is 1.86. The van der Waals surface area contributed by atoms with Gasteiger partial charge in [0.15, 0.2) is 5.75 Å². The van der Waals surface area contributed by atoms with E-state index in [1.807, 2.05) is 12.5 Å². The molecule has 0 amide bonds. The van der Waals surface area contributed by atoms with E-state index in [9.17, 15) is 0 Å². The van der Waals surface area contributed by atoms with Crippen molar-refractivity contribution in [3.8, 4) is 5.75 Å². The molecule has 0 aromatic carbocycles. The average molecular weight is 217 g/mol. The van der Waals surface area contributed by atoms with Gasteiger partial charge in [0.2, 0.25) is 5.95 Å². The summed E-state index contributed by atoms with van der Waals surface area (Å²) in [6, 6.07) is 0. The van der Waals surface area contributed by atoms with E-state index in [4.69, 9.17) is 5.11 Å². The monoisotopic (exact) mass is 217 g/mol. The van der Waals surface area contributed by atoms with Crippen LogP contribution in [-0.2, 0) is 13.1 Å². The molecule has 2 aromatic heterocycles. The first-order valence-electron chi connectivity index (χ1n) is 5.08. The Morgan fingerprint density at radius 2 is 1.94 bits per heavy atom. The van der Waals surface area contributed by atoms with Crippen molar-refractivity contribution in [1.82, 2.24) is 19.5 Å². The lowest BCUT2D eigenvalue weighted by molar-refractivity contribution is 0.468. The van der Waals surface area contributed by atoms with Crippen molar-refractivity contribution in [3.05, 3.63) is 30.6 Å². The van der Waals surface area contributed by atoms with Gasteiger partial charge in [0.1, 0.15) is 0 Å². The Hall–Kier alpha value is -2.11. The molecular formula is C10H11N5O. The third-order valence-electron chi connectivity index (χ3n) is 2.67. The van der Waals surface area contributed by atoms with Crippen LogP contribution in [0.4, 0.5) is 5.95 Å². The molecule has 82 valence electrons. The third kappa shape index (κ3) is 1.48. The second-order valence-electron chi connectivity index (χ2n) is 3.74. The SMILES string of the molecule is Oc1cnc(N2CCn3cncc3C2)nc1. The van der Waals surface area contributed by atoms with Crippen molar-refractivity contribution in [2.24, 2.45) is 0 Å². The Morgan fingerprint density at radius 3 is 2.75 bits per heavy atom. The van der Waals surface area contributed by atoms with E-state index >= 15 is 0 Å². The molecule has 6 nitrogen and oxygen atoms in total. The standard InChI is InChI=1S/C10H11N5O/c16-9-4-12-10(13-5-9)14-1-2-15-7-11-3-8(15)6-14/h3-5,7,16H,1-2,6H2. The van der Waals surface area contributed by atoms with Crippen molar-refractivity contribution in [2.45, 2.75) is 13.1 Å². The number of rotatable bonds is 1. The topological polar surface area (TPSA) is 67.1 Å². The highest BCUT2D eigenvalue weighted by molar-refractivity contribution is 5.33. The normalized spacial score (nSPS) is 14.9. The smallest absolute Gasteiger partial charge is 0.225 e. The summed E-state index contributed by atoms with van der Waals surface area (Å²) in [5.74, 6) is 0.732. The Kier molecular flexibility index (Phi) is 1.99. The van der Waals surface area contributed by atoms with Crippen molar-refractivity contribution in [1.29, 1.82) is 0 Å². The number of hydrogen-bond donors (Lipinski definition) is 1. The predicted octanol–water partition coefficient (Wildman–Crippen LogP) is 0.399. The quantitative estimate of drug-likeness (QED) is 0.748. The largest absolute Gasteiger partial charge is 0.505 e. The number of aromatic nitrogens is 4. The van der Waals surface area contributed by atoms with Crippen LogP contribution >= 0.6 is 0 Å². The fourth-order valence-corrected chi connectivity index (χ4v) is 1.83. The van der Waals surface area contributed by atoms with Crippen LogP contribution < -0.4 is 4.90 Å². The molecule has 1 N–H and O–H groups in total. The zero-order valence-electron chi connectivity index (χ0n) is 8.61. The molecule has 3 rings (SSSR count). The second-order valence-corrected chi connectivity index (χ2v) is 3.74. The van der Waals surface area contributed by atoms with Crippen molar-refractivity contribution in [2.75, 3.05) is 11.4 Å². The minimum atomic E-state index is 0.0887. The molecule has 0 radical (unpaired) electrons. The summed E-state index contributed by atoms with van der Waals surface area (Å²) >= 11 is 0. The number of hydrogen-bond acceptors (Lipinski definition) is 5. The van der Waals surface area contributed by atoms with Crippen LogP contribution in [0, 0.1) is 0 Å². The molecule has 0 unspecified atom stereocenters. The molecule has 0 saturated carbocycles. The van der Waals surface area contributed by atoms with Crippen LogP contribution in [0.2, 0.25) is 0 Å². The van der Waals surface area contributed by atoms with Gasteiger partial charge in [-0.15, -0.1) is 0 Å². The molecule has 0 aliphatic carbocycles. The molecule has 16 heavy (non-hydrogen) atoms. The van der Waals surface area contributed by atoms with Gasteiger partial charge in [-0.1, -0.05) is 0 Å². The second kappa shape index (κ2) is 3.48.